The molecule has 1 heterocycles. The lowest BCUT2D eigenvalue weighted by molar-refractivity contribution is 0.233. The zero-order valence-electron chi connectivity index (χ0n) is 11.9. The number of sulfonamides is 1. The van der Waals surface area contributed by atoms with Gasteiger partial charge >= 0.3 is 0 Å². The highest BCUT2D eigenvalue weighted by atomic mass is 32.2. The van der Waals surface area contributed by atoms with Crippen molar-refractivity contribution in [2.45, 2.75) is 24.3 Å². The molecular weight excluding hydrogens is 276 g/mol. The van der Waals surface area contributed by atoms with Crippen LogP contribution < -0.4 is 5.32 Å². The molecule has 0 aliphatic carbocycles. The molecule has 5 nitrogen and oxygen atoms in total. The highest BCUT2D eigenvalue weighted by Gasteiger charge is 2.32. The first kappa shape index (κ1) is 15.4. The summed E-state index contributed by atoms with van der Waals surface area (Å²) in [6.07, 6.45) is 0.725. The molecule has 1 saturated heterocycles. The van der Waals surface area contributed by atoms with Crippen molar-refractivity contribution in [1.82, 2.24) is 9.62 Å². The van der Waals surface area contributed by atoms with Gasteiger partial charge in [-0.2, -0.15) is 4.31 Å². The summed E-state index contributed by atoms with van der Waals surface area (Å²) in [7, 11) is -1.61. The first-order valence-electron chi connectivity index (χ1n) is 6.87. The lowest BCUT2D eigenvalue weighted by Gasteiger charge is -2.18. The number of rotatable bonds is 5. The molecule has 0 aromatic heterocycles. The van der Waals surface area contributed by atoms with Crippen LogP contribution in [0.25, 0.3) is 0 Å². The number of hydrogen-bond acceptors (Lipinski definition) is 4. The number of benzene rings is 1. The molecular formula is C14H22N2O3S. The van der Waals surface area contributed by atoms with Crippen molar-refractivity contribution in [3.05, 3.63) is 29.8 Å². The Kier molecular flexibility index (Phi) is 4.80. The number of nitrogens with one attached hydrogen (secondary N) is 1. The minimum atomic E-state index is -3.45. The molecule has 1 aromatic carbocycles. The van der Waals surface area contributed by atoms with E-state index in [1.165, 1.54) is 4.31 Å². The van der Waals surface area contributed by atoms with E-state index in [-0.39, 0.29) is 18.6 Å². The second-order valence-electron chi connectivity index (χ2n) is 5.28. The second kappa shape index (κ2) is 6.22. The van der Waals surface area contributed by atoms with Gasteiger partial charge in [0.2, 0.25) is 10.0 Å². The Morgan fingerprint density at radius 1 is 1.50 bits per heavy atom. The molecule has 6 heteroatoms. The summed E-state index contributed by atoms with van der Waals surface area (Å²) in [5.74, 6) is 0.0594. The van der Waals surface area contributed by atoms with Gasteiger partial charge in [0.05, 0.1) is 4.90 Å². The van der Waals surface area contributed by atoms with E-state index in [1.807, 2.05) is 20.0 Å². The van der Waals surface area contributed by atoms with Gasteiger partial charge in [0.1, 0.15) is 0 Å². The van der Waals surface area contributed by atoms with E-state index in [1.54, 1.807) is 18.2 Å². The van der Waals surface area contributed by atoms with E-state index in [0.29, 0.717) is 18.0 Å². The average molecular weight is 298 g/mol. The maximum Gasteiger partial charge on any atom is 0.243 e. The van der Waals surface area contributed by atoms with Crippen LogP contribution in [0.4, 0.5) is 0 Å². The zero-order valence-corrected chi connectivity index (χ0v) is 12.7. The molecule has 2 atom stereocenters. The van der Waals surface area contributed by atoms with E-state index in [4.69, 9.17) is 5.11 Å². The minimum absolute atomic E-state index is 0.0445. The predicted octanol–water partition coefficient (Wildman–Crippen LogP) is 0.970. The van der Waals surface area contributed by atoms with E-state index in [2.05, 4.69) is 5.32 Å². The van der Waals surface area contributed by atoms with Gasteiger partial charge in [-0.15, -0.1) is 0 Å². The second-order valence-corrected chi connectivity index (χ2v) is 7.22. The number of hydrogen-bond donors (Lipinski definition) is 2. The van der Waals surface area contributed by atoms with Gasteiger partial charge in [0, 0.05) is 25.7 Å². The fourth-order valence-electron chi connectivity index (χ4n) is 2.42. The average Bonchev–Trinajstić information content (AvgIpc) is 2.96. The summed E-state index contributed by atoms with van der Waals surface area (Å²) < 4.78 is 26.6. The van der Waals surface area contributed by atoms with Crippen LogP contribution in [-0.4, -0.2) is 44.6 Å². The molecule has 0 saturated carbocycles. The van der Waals surface area contributed by atoms with Crippen molar-refractivity contribution in [2.75, 3.05) is 26.7 Å². The van der Waals surface area contributed by atoms with Crippen molar-refractivity contribution in [3.63, 3.8) is 0 Å². The molecule has 20 heavy (non-hydrogen) atoms. The summed E-state index contributed by atoms with van der Waals surface area (Å²) >= 11 is 0. The summed E-state index contributed by atoms with van der Waals surface area (Å²) in [4.78, 5) is 0.329. The topological polar surface area (TPSA) is 69.6 Å². The minimum Gasteiger partial charge on any atom is -0.396 e. The molecule has 2 unspecified atom stereocenters. The summed E-state index contributed by atoms with van der Waals surface area (Å²) in [6.45, 7) is 2.93. The Morgan fingerprint density at radius 3 is 2.85 bits per heavy atom. The lowest BCUT2D eigenvalue weighted by atomic mass is 10.1. The number of aliphatic hydroxyl groups is 1. The van der Waals surface area contributed by atoms with Crippen LogP contribution in [0.3, 0.4) is 0 Å². The van der Waals surface area contributed by atoms with Gasteiger partial charge in [-0.1, -0.05) is 12.1 Å². The highest BCUT2D eigenvalue weighted by Crippen LogP contribution is 2.25. The third-order valence-corrected chi connectivity index (χ3v) is 5.80. The lowest BCUT2D eigenvalue weighted by Crippen LogP contribution is -2.29. The van der Waals surface area contributed by atoms with Crippen molar-refractivity contribution >= 4 is 10.0 Å². The van der Waals surface area contributed by atoms with Gasteiger partial charge in [0.25, 0.3) is 0 Å². The van der Waals surface area contributed by atoms with Crippen molar-refractivity contribution in [2.24, 2.45) is 5.92 Å². The molecule has 1 aromatic rings. The molecule has 1 aliphatic heterocycles. The number of aliphatic hydroxyl groups excluding tert-OH is 1. The molecule has 0 bridgehead atoms. The van der Waals surface area contributed by atoms with Crippen molar-refractivity contribution < 1.29 is 13.5 Å². The first-order chi connectivity index (χ1) is 9.48. The van der Waals surface area contributed by atoms with Crippen molar-refractivity contribution in [1.29, 1.82) is 0 Å². The predicted molar refractivity (Wildman–Crippen MR) is 77.9 cm³/mol. The summed E-state index contributed by atoms with van der Waals surface area (Å²) in [5, 5.41) is 12.2. The van der Waals surface area contributed by atoms with Crippen LogP contribution in [0.5, 0.6) is 0 Å². The molecule has 1 aliphatic rings. The molecule has 0 amide bonds. The Bertz CT molecular complexity index is 559. The maximum absolute atomic E-state index is 12.6. The van der Waals surface area contributed by atoms with Gasteiger partial charge in [0.15, 0.2) is 0 Å². The molecule has 0 radical (unpaired) electrons. The van der Waals surface area contributed by atoms with Crippen LogP contribution >= 0.6 is 0 Å². The van der Waals surface area contributed by atoms with Crippen LogP contribution in [0.15, 0.2) is 29.2 Å². The van der Waals surface area contributed by atoms with Crippen LogP contribution in [0.2, 0.25) is 0 Å². The Labute approximate surface area is 120 Å². The van der Waals surface area contributed by atoms with Gasteiger partial charge in [-0.05, 0) is 44.0 Å². The summed E-state index contributed by atoms with van der Waals surface area (Å²) in [5.41, 5.74) is 0.950. The quantitative estimate of drug-likeness (QED) is 0.850. The van der Waals surface area contributed by atoms with E-state index < -0.39 is 10.0 Å². The molecule has 0 spiro atoms. The SMILES string of the molecule is CNC(C)c1cccc(S(=O)(=O)N2CCC(CO)C2)c1. The Morgan fingerprint density at radius 2 is 2.25 bits per heavy atom. The van der Waals surface area contributed by atoms with Crippen LogP contribution in [0.1, 0.15) is 24.9 Å². The highest BCUT2D eigenvalue weighted by molar-refractivity contribution is 7.89. The normalized spacial score (nSPS) is 22.1. The van der Waals surface area contributed by atoms with E-state index >= 15 is 0 Å². The van der Waals surface area contributed by atoms with Crippen molar-refractivity contribution in [3.8, 4) is 0 Å². The first-order valence-corrected chi connectivity index (χ1v) is 8.31. The largest absolute Gasteiger partial charge is 0.396 e. The standard InChI is InChI=1S/C14H22N2O3S/c1-11(15-2)13-4-3-5-14(8-13)20(18,19)16-7-6-12(9-16)10-17/h3-5,8,11-12,15,17H,6-7,9-10H2,1-2H3. The van der Waals surface area contributed by atoms with Crippen LogP contribution in [-0.2, 0) is 10.0 Å². The molecule has 1 fully saturated rings. The number of nitrogens with zero attached hydrogens (tertiary/aromatic N) is 1. The maximum atomic E-state index is 12.6. The third-order valence-electron chi connectivity index (χ3n) is 3.94. The summed E-state index contributed by atoms with van der Waals surface area (Å²) in [6, 6.07) is 7.15. The Hall–Kier alpha value is -0.950. The Balaban J connectivity index is 2.26. The van der Waals surface area contributed by atoms with Gasteiger partial charge in [-0.3, -0.25) is 0 Å². The van der Waals surface area contributed by atoms with E-state index in [0.717, 1.165) is 12.0 Å². The molecule has 112 valence electrons. The molecule has 2 N–H and O–H groups in total. The van der Waals surface area contributed by atoms with Gasteiger partial charge in [-0.25, -0.2) is 8.42 Å². The van der Waals surface area contributed by atoms with Gasteiger partial charge < -0.3 is 10.4 Å². The smallest absolute Gasteiger partial charge is 0.243 e. The third kappa shape index (κ3) is 3.03. The van der Waals surface area contributed by atoms with E-state index in [9.17, 15) is 8.42 Å². The fraction of sp³-hybridized carbons (Fsp3) is 0.571. The zero-order chi connectivity index (χ0) is 14.8. The van der Waals surface area contributed by atoms with Crippen LogP contribution in [0, 0.1) is 5.92 Å². The monoisotopic (exact) mass is 298 g/mol. The molecule has 2 rings (SSSR count). The fourth-order valence-corrected chi connectivity index (χ4v) is 4.01.